The van der Waals surface area contributed by atoms with Crippen molar-refractivity contribution in [1.29, 1.82) is 0 Å². The lowest BCUT2D eigenvalue weighted by atomic mass is 10.1. The van der Waals surface area contributed by atoms with Gasteiger partial charge in [-0.3, -0.25) is 0 Å². The molecule has 0 amide bonds. The van der Waals surface area contributed by atoms with Gasteiger partial charge < -0.3 is 14.4 Å². The molecule has 0 atom stereocenters. The maximum atomic E-state index is 5.49. The van der Waals surface area contributed by atoms with E-state index in [2.05, 4.69) is 15.4 Å². The van der Waals surface area contributed by atoms with Crippen molar-refractivity contribution in [3.05, 3.63) is 41.1 Å². The Morgan fingerprint density at radius 1 is 1.22 bits per heavy atom. The number of hydrazone groups is 1. The van der Waals surface area contributed by atoms with Crippen LogP contribution >= 0.6 is 11.8 Å². The highest BCUT2D eigenvalue weighted by atomic mass is 32.2. The molecule has 0 spiro atoms. The molecule has 0 radical (unpaired) electrons. The number of morpholine rings is 1. The molecule has 1 N–H and O–H groups in total. The van der Waals surface area contributed by atoms with Crippen molar-refractivity contribution in [1.82, 2.24) is 9.97 Å². The van der Waals surface area contributed by atoms with E-state index >= 15 is 0 Å². The fourth-order valence-corrected chi connectivity index (χ4v) is 4.14. The van der Waals surface area contributed by atoms with Crippen LogP contribution in [0.5, 0.6) is 5.75 Å². The zero-order chi connectivity index (χ0) is 18.5. The molecule has 1 saturated heterocycles. The van der Waals surface area contributed by atoms with E-state index in [1.54, 1.807) is 13.3 Å². The van der Waals surface area contributed by atoms with Crippen LogP contribution in [0.15, 0.2) is 29.4 Å². The van der Waals surface area contributed by atoms with Crippen molar-refractivity contribution in [3.63, 3.8) is 0 Å². The Hall–Kier alpha value is -2.32. The van der Waals surface area contributed by atoms with Gasteiger partial charge in [-0.25, -0.2) is 10.4 Å². The zero-order valence-electron chi connectivity index (χ0n) is 15.4. The molecule has 2 aliphatic rings. The Morgan fingerprint density at radius 2 is 2.04 bits per heavy atom. The molecule has 2 aliphatic heterocycles. The summed E-state index contributed by atoms with van der Waals surface area (Å²) >= 11 is 1.94. The van der Waals surface area contributed by atoms with Gasteiger partial charge in [0.15, 0.2) is 0 Å². The normalized spacial score (nSPS) is 17.0. The highest BCUT2D eigenvalue weighted by Crippen LogP contribution is 2.31. The van der Waals surface area contributed by atoms with Gasteiger partial charge in [0.25, 0.3) is 0 Å². The van der Waals surface area contributed by atoms with E-state index in [1.165, 1.54) is 5.56 Å². The Labute approximate surface area is 163 Å². The van der Waals surface area contributed by atoms with Crippen molar-refractivity contribution in [3.8, 4) is 5.75 Å². The maximum absolute atomic E-state index is 5.49. The number of thioether (sulfide) groups is 1. The first-order valence-electron chi connectivity index (χ1n) is 9.07. The lowest BCUT2D eigenvalue weighted by molar-refractivity contribution is 0.122. The second-order valence-corrected chi connectivity index (χ2v) is 7.45. The van der Waals surface area contributed by atoms with Gasteiger partial charge in [0.05, 0.1) is 32.2 Å². The summed E-state index contributed by atoms with van der Waals surface area (Å²) in [5, 5.41) is 4.31. The zero-order valence-corrected chi connectivity index (χ0v) is 16.2. The number of fused-ring (bicyclic) bond motifs is 1. The van der Waals surface area contributed by atoms with Crippen LogP contribution in [0.3, 0.4) is 0 Å². The average molecular weight is 385 g/mol. The Kier molecular flexibility index (Phi) is 5.74. The minimum atomic E-state index is 0.548. The average Bonchev–Trinajstić information content (AvgIpc) is 2.74. The lowest BCUT2D eigenvalue weighted by Crippen LogP contribution is -2.38. The number of methoxy groups -OCH3 is 1. The van der Waals surface area contributed by atoms with Gasteiger partial charge in [-0.2, -0.15) is 21.8 Å². The fraction of sp³-hybridized carbons (Fsp3) is 0.421. The summed E-state index contributed by atoms with van der Waals surface area (Å²) in [7, 11) is 1.66. The van der Waals surface area contributed by atoms with Crippen LogP contribution in [0.4, 0.5) is 11.8 Å². The van der Waals surface area contributed by atoms with Gasteiger partial charge in [0, 0.05) is 24.4 Å². The molecule has 0 aliphatic carbocycles. The SMILES string of the molecule is COc1ccc(/C=N/Nc2nc3c(c(N4CCOCC4)n2)CSCC3)cc1. The third-order valence-corrected chi connectivity index (χ3v) is 5.59. The second kappa shape index (κ2) is 8.58. The molecule has 0 unspecified atom stereocenters. The Balaban J connectivity index is 1.53. The third kappa shape index (κ3) is 4.33. The number of aromatic nitrogens is 2. The van der Waals surface area contributed by atoms with Gasteiger partial charge in [-0.15, -0.1) is 0 Å². The molecule has 3 heterocycles. The van der Waals surface area contributed by atoms with Crippen LogP contribution in [-0.4, -0.2) is 55.3 Å². The number of nitrogens with one attached hydrogen (secondary N) is 1. The summed E-state index contributed by atoms with van der Waals surface area (Å²) in [6.07, 6.45) is 2.73. The fourth-order valence-electron chi connectivity index (χ4n) is 3.16. The number of ether oxygens (including phenoxy) is 2. The molecule has 8 heteroatoms. The number of nitrogens with zero attached hydrogens (tertiary/aromatic N) is 4. The first-order valence-corrected chi connectivity index (χ1v) is 10.2. The van der Waals surface area contributed by atoms with E-state index in [4.69, 9.17) is 19.4 Å². The number of hydrogen-bond acceptors (Lipinski definition) is 8. The topological polar surface area (TPSA) is 71.9 Å². The van der Waals surface area contributed by atoms with Gasteiger partial charge in [0.1, 0.15) is 11.6 Å². The molecule has 2 aromatic rings. The summed E-state index contributed by atoms with van der Waals surface area (Å²) in [6, 6.07) is 7.72. The van der Waals surface area contributed by atoms with Crippen LogP contribution in [0.25, 0.3) is 0 Å². The van der Waals surface area contributed by atoms with Gasteiger partial charge in [-0.05, 0) is 42.0 Å². The molecule has 1 aromatic carbocycles. The molecule has 4 rings (SSSR count). The van der Waals surface area contributed by atoms with E-state index in [0.29, 0.717) is 5.95 Å². The quantitative estimate of drug-likeness (QED) is 0.626. The summed E-state index contributed by atoms with van der Waals surface area (Å²) in [5.41, 5.74) is 6.37. The van der Waals surface area contributed by atoms with Crippen molar-refractivity contribution < 1.29 is 9.47 Å². The van der Waals surface area contributed by atoms with Crippen molar-refractivity contribution in [2.24, 2.45) is 5.10 Å². The minimum absolute atomic E-state index is 0.548. The second-order valence-electron chi connectivity index (χ2n) is 6.34. The minimum Gasteiger partial charge on any atom is -0.497 e. The first kappa shape index (κ1) is 18.1. The van der Waals surface area contributed by atoms with E-state index in [1.807, 2.05) is 36.0 Å². The van der Waals surface area contributed by atoms with Crippen molar-refractivity contribution in [2.45, 2.75) is 12.2 Å². The molecule has 1 aromatic heterocycles. The van der Waals surface area contributed by atoms with Crippen molar-refractivity contribution >= 4 is 29.7 Å². The Morgan fingerprint density at radius 3 is 2.81 bits per heavy atom. The molecule has 0 bridgehead atoms. The predicted molar refractivity (Wildman–Crippen MR) is 109 cm³/mol. The van der Waals surface area contributed by atoms with E-state index in [9.17, 15) is 0 Å². The van der Waals surface area contributed by atoms with Gasteiger partial charge >= 0.3 is 0 Å². The number of aryl methyl sites for hydroxylation is 1. The molecule has 1 fully saturated rings. The predicted octanol–water partition coefficient (Wildman–Crippen LogP) is 2.56. The van der Waals surface area contributed by atoms with Crippen LogP contribution in [0.1, 0.15) is 16.8 Å². The number of rotatable bonds is 5. The summed E-state index contributed by atoms with van der Waals surface area (Å²) in [5.74, 6) is 4.47. The monoisotopic (exact) mass is 385 g/mol. The highest BCUT2D eigenvalue weighted by molar-refractivity contribution is 7.98. The number of anilines is 2. The largest absolute Gasteiger partial charge is 0.497 e. The molecule has 142 valence electrons. The van der Waals surface area contributed by atoms with Crippen LogP contribution in [0, 0.1) is 0 Å². The van der Waals surface area contributed by atoms with Crippen molar-refractivity contribution in [2.75, 3.05) is 49.5 Å². The molecule has 27 heavy (non-hydrogen) atoms. The third-order valence-electron chi connectivity index (χ3n) is 4.61. The summed E-state index contributed by atoms with van der Waals surface area (Å²) in [6.45, 7) is 3.21. The van der Waals surface area contributed by atoms with E-state index in [-0.39, 0.29) is 0 Å². The molecular formula is C19H23N5O2S. The van der Waals surface area contributed by atoms with Crippen LogP contribution in [0.2, 0.25) is 0 Å². The molecule has 7 nitrogen and oxygen atoms in total. The lowest BCUT2D eigenvalue weighted by Gasteiger charge is -2.31. The van der Waals surface area contributed by atoms with Crippen LogP contribution in [-0.2, 0) is 16.9 Å². The van der Waals surface area contributed by atoms with E-state index < -0.39 is 0 Å². The molecule has 0 saturated carbocycles. The standard InChI is InChI=1S/C19H23N5O2S/c1-25-15-4-2-14(3-5-15)12-20-23-19-21-17-6-11-27-13-16(17)18(22-19)24-7-9-26-10-8-24/h2-5,12H,6-11,13H2,1H3,(H,21,22,23)/b20-12+. The highest BCUT2D eigenvalue weighted by Gasteiger charge is 2.23. The molecular weight excluding hydrogens is 362 g/mol. The number of hydrogen-bond donors (Lipinski definition) is 1. The van der Waals surface area contributed by atoms with E-state index in [0.717, 1.165) is 67.1 Å². The smallest absolute Gasteiger partial charge is 0.245 e. The summed E-state index contributed by atoms with van der Waals surface area (Å²) < 4.78 is 10.7. The van der Waals surface area contributed by atoms with Crippen LogP contribution < -0.4 is 15.1 Å². The summed E-state index contributed by atoms with van der Waals surface area (Å²) in [4.78, 5) is 11.8. The number of benzene rings is 1. The van der Waals surface area contributed by atoms with Gasteiger partial charge in [0.2, 0.25) is 5.95 Å². The maximum Gasteiger partial charge on any atom is 0.245 e. The van der Waals surface area contributed by atoms with Gasteiger partial charge in [-0.1, -0.05) is 0 Å². The Bertz CT molecular complexity index is 806. The first-order chi connectivity index (χ1) is 13.3.